The Balaban J connectivity index is 1.64. The van der Waals surface area contributed by atoms with Crippen LogP contribution in [-0.4, -0.2) is 58.1 Å². The number of fused-ring (bicyclic) bond motifs is 1. The molecule has 0 radical (unpaired) electrons. The van der Waals surface area contributed by atoms with E-state index in [-0.39, 0.29) is 11.6 Å². The number of aryl methyl sites for hydroxylation is 1. The summed E-state index contributed by atoms with van der Waals surface area (Å²) >= 11 is 0. The lowest BCUT2D eigenvalue weighted by Gasteiger charge is -2.27. The van der Waals surface area contributed by atoms with Crippen LogP contribution in [0.15, 0.2) is 64.2 Å². The molecule has 8 nitrogen and oxygen atoms in total. The van der Waals surface area contributed by atoms with Crippen LogP contribution in [0, 0.1) is 6.92 Å². The van der Waals surface area contributed by atoms with Gasteiger partial charge in [-0.05, 0) is 57.3 Å². The van der Waals surface area contributed by atoms with Gasteiger partial charge in [-0.2, -0.15) is 0 Å². The summed E-state index contributed by atoms with van der Waals surface area (Å²) in [5.74, 6) is 0.839. The first-order valence-electron chi connectivity index (χ1n) is 13.3. The molecule has 1 atom stereocenters. The number of benzene rings is 2. The molecular formula is C30H38N4O4. The van der Waals surface area contributed by atoms with Gasteiger partial charge in [0.05, 0.1) is 6.54 Å². The third-order valence-electron chi connectivity index (χ3n) is 7.42. The Labute approximate surface area is 224 Å². The highest BCUT2D eigenvalue weighted by Crippen LogP contribution is 2.27. The van der Waals surface area contributed by atoms with Crippen LogP contribution >= 0.6 is 0 Å². The van der Waals surface area contributed by atoms with Gasteiger partial charge in [-0.15, -0.1) is 0 Å². The second-order valence-corrected chi connectivity index (χ2v) is 10.3. The maximum atomic E-state index is 13.6. The van der Waals surface area contributed by atoms with E-state index in [0.29, 0.717) is 25.6 Å². The number of rotatable bonds is 2. The van der Waals surface area contributed by atoms with Crippen molar-refractivity contribution < 1.29 is 9.53 Å². The zero-order valence-electron chi connectivity index (χ0n) is 22.9. The van der Waals surface area contributed by atoms with E-state index in [1.807, 2.05) is 18.2 Å². The van der Waals surface area contributed by atoms with Crippen molar-refractivity contribution in [1.82, 2.24) is 18.9 Å². The molecule has 8 heteroatoms. The van der Waals surface area contributed by atoms with Crippen LogP contribution in [0.3, 0.4) is 0 Å². The van der Waals surface area contributed by atoms with Crippen molar-refractivity contribution in [1.29, 1.82) is 0 Å². The Morgan fingerprint density at radius 1 is 0.895 bits per heavy atom. The van der Waals surface area contributed by atoms with Gasteiger partial charge < -0.3 is 14.5 Å². The van der Waals surface area contributed by atoms with Crippen molar-refractivity contribution in [3.05, 3.63) is 97.8 Å². The minimum atomic E-state index is -0.517. The number of hydrogen-bond donors (Lipinski definition) is 0. The molecule has 1 aliphatic rings. The minimum absolute atomic E-state index is 0.0940. The highest BCUT2D eigenvalue weighted by molar-refractivity contribution is 5.92. The van der Waals surface area contributed by atoms with Crippen molar-refractivity contribution in [3.8, 4) is 5.75 Å². The summed E-state index contributed by atoms with van der Waals surface area (Å²) in [7, 11) is 5.08. The molecule has 0 saturated carbocycles. The highest BCUT2D eigenvalue weighted by atomic mass is 16.5. The average Bonchev–Trinajstić information content (AvgIpc) is 2.91. The Hall–Kier alpha value is -3.65. The standard InChI is InChI=1S/C30H38N4O4/c1-22-12-13-27-25(19-22)21-31(2)16-14-24(23-9-6-5-7-10-23)11-8-15-34(17-18-38-27)29(36)26-20-28(35)33(4)30(37)32(26)3/h5-7,9-10,12-13,19-20,24H,8,11,14-18,21H2,1-4H3. The second-order valence-electron chi connectivity index (χ2n) is 10.3. The quantitative estimate of drug-likeness (QED) is 0.520. The largest absolute Gasteiger partial charge is 0.491 e. The Morgan fingerprint density at radius 3 is 2.42 bits per heavy atom. The topological polar surface area (TPSA) is 76.8 Å². The maximum absolute atomic E-state index is 13.6. The number of amides is 1. The molecule has 2 aromatic carbocycles. The maximum Gasteiger partial charge on any atom is 0.331 e. The van der Waals surface area contributed by atoms with Gasteiger partial charge in [0.2, 0.25) is 0 Å². The van der Waals surface area contributed by atoms with Crippen LogP contribution in [-0.2, 0) is 20.6 Å². The van der Waals surface area contributed by atoms with Crippen molar-refractivity contribution in [2.75, 3.05) is 33.3 Å². The summed E-state index contributed by atoms with van der Waals surface area (Å²) in [5, 5.41) is 0. The van der Waals surface area contributed by atoms with Crippen LogP contribution in [0.5, 0.6) is 5.75 Å². The van der Waals surface area contributed by atoms with Crippen LogP contribution in [0.25, 0.3) is 0 Å². The van der Waals surface area contributed by atoms with Crippen LogP contribution in [0.4, 0.5) is 0 Å². The lowest BCUT2D eigenvalue weighted by Crippen LogP contribution is -2.43. The molecule has 3 aromatic rings. The predicted molar refractivity (Wildman–Crippen MR) is 149 cm³/mol. The molecular weight excluding hydrogens is 480 g/mol. The molecule has 0 N–H and O–H groups in total. The SMILES string of the molecule is Cc1ccc2c(c1)CN(C)CCC(c1ccccc1)CCCN(C(=O)c1cc(=O)n(C)c(=O)n1C)CCO2. The van der Waals surface area contributed by atoms with Crippen molar-refractivity contribution in [2.45, 2.75) is 38.6 Å². The summed E-state index contributed by atoms with van der Waals surface area (Å²) < 4.78 is 8.43. The van der Waals surface area contributed by atoms with Gasteiger partial charge in [-0.25, -0.2) is 4.79 Å². The number of hydrogen-bond acceptors (Lipinski definition) is 5. The molecule has 2 heterocycles. The number of aromatic nitrogens is 2. The van der Waals surface area contributed by atoms with Gasteiger partial charge >= 0.3 is 5.69 Å². The smallest absolute Gasteiger partial charge is 0.331 e. The number of carbonyl (C=O) groups is 1. The van der Waals surface area contributed by atoms with E-state index in [0.717, 1.165) is 48.2 Å². The lowest BCUT2D eigenvalue weighted by molar-refractivity contribution is 0.0712. The fourth-order valence-corrected chi connectivity index (χ4v) is 5.13. The van der Waals surface area contributed by atoms with Crippen LogP contribution in [0.2, 0.25) is 0 Å². The normalized spacial score (nSPS) is 17.8. The molecule has 0 bridgehead atoms. The lowest BCUT2D eigenvalue weighted by atomic mass is 9.91. The van der Waals surface area contributed by atoms with E-state index in [2.05, 4.69) is 49.2 Å². The summed E-state index contributed by atoms with van der Waals surface area (Å²) in [6.45, 7) is 4.95. The van der Waals surface area contributed by atoms with Crippen molar-refractivity contribution in [2.24, 2.45) is 14.1 Å². The molecule has 202 valence electrons. The van der Waals surface area contributed by atoms with Crippen LogP contribution < -0.4 is 16.0 Å². The molecule has 38 heavy (non-hydrogen) atoms. The van der Waals surface area contributed by atoms with E-state index >= 15 is 0 Å². The zero-order valence-corrected chi connectivity index (χ0v) is 22.9. The van der Waals surface area contributed by atoms with E-state index < -0.39 is 11.2 Å². The molecule has 4 rings (SSSR count). The highest BCUT2D eigenvalue weighted by Gasteiger charge is 2.22. The van der Waals surface area contributed by atoms with Gasteiger partial charge in [0, 0.05) is 38.8 Å². The Kier molecular flexibility index (Phi) is 8.84. The van der Waals surface area contributed by atoms with Crippen LogP contribution in [0.1, 0.15) is 52.4 Å². The third-order valence-corrected chi connectivity index (χ3v) is 7.42. The zero-order chi connectivity index (χ0) is 27.2. The summed E-state index contributed by atoms with van der Waals surface area (Å²) in [4.78, 5) is 42.5. The number of ether oxygens (including phenoxy) is 1. The molecule has 1 unspecified atom stereocenters. The second kappa shape index (κ2) is 12.3. The molecule has 0 aliphatic carbocycles. The van der Waals surface area contributed by atoms with Gasteiger partial charge in [-0.1, -0.05) is 48.0 Å². The first-order valence-corrected chi connectivity index (χ1v) is 13.3. The van der Waals surface area contributed by atoms with E-state index in [4.69, 9.17) is 4.74 Å². The average molecular weight is 519 g/mol. The first kappa shape index (κ1) is 27.4. The molecule has 1 amide bonds. The molecule has 0 saturated heterocycles. The molecule has 1 aliphatic heterocycles. The predicted octanol–water partition coefficient (Wildman–Crippen LogP) is 3.31. The molecule has 0 fully saturated rings. The summed E-state index contributed by atoms with van der Waals surface area (Å²) in [6, 6.07) is 18.0. The summed E-state index contributed by atoms with van der Waals surface area (Å²) in [5.41, 5.74) is 2.68. The minimum Gasteiger partial charge on any atom is -0.491 e. The molecule has 0 spiro atoms. The van der Waals surface area contributed by atoms with Gasteiger partial charge in [0.1, 0.15) is 18.1 Å². The molecule has 1 aromatic heterocycles. The van der Waals surface area contributed by atoms with Gasteiger partial charge in [0.25, 0.3) is 11.5 Å². The first-order chi connectivity index (χ1) is 18.2. The monoisotopic (exact) mass is 518 g/mol. The summed E-state index contributed by atoms with van der Waals surface area (Å²) in [6.07, 6.45) is 2.72. The van der Waals surface area contributed by atoms with Crippen molar-refractivity contribution in [3.63, 3.8) is 0 Å². The number of carbonyl (C=O) groups excluding carboxylic acids is 1. The van der Waals surface area contributed by atoms with Gasteiger partial charge in [-0.3, -0.25) is 18.7 Å². The van der Waals surface area contributed by atoms with Gasteiger partial charge in [0.15, 0.2) is 0 Å². The Bertz CT molecular complexity index is 1380. The number of nitrogens with zero attached hydrogens (tertiary/aromatic N) is 4. The van der Waals surface area contributed by atoms with E-state index in [1.165, 1.54) is 35.9 Å². The van der Waals surface area contributed by atoms with E-state index in [9.17, 15) is 14.4 Å². The fraction of sp³-hybridized carbons (Fsp3) is 0.433. The van der Waals surface area contributed by atoms with E-state index in [1.54, 1.807) is 4.90 Å². The Morgan fingerprint density at radius 2 is 1.66 bits per heavy atom. The van der Waals surface area contributed by atoms with Crippen molar-refractivity contribution >= 4 is 5.91 Å². The fourth-order valence-electron chi connectivity index (χ4n) is 5.13. The third kappa shape index (κ3) is 6.42.